The van der Waals surface area contributed by atoms with Gasteiger partial charge in [0.25, 0.3) is 0 Å². The topological polar surface area (TPSA) is 63.9 Å². The second-order valence-corrected chi connectivity index (χ2v) is 2.96. The molecule has 0 bridgehead atoms. The summed E-state index contributed by atoms with van der Waals surface area (Å²) in [6, 6.07) is 4.57. The van der Waals surface area contributed by atoms with Gasteiger partial charge in [0.05, 0.1) is 11.6 Å². The van der Waals surface area contributed by atoms with Crippen molar-refractivity contribution < 1.29 is 42.7 Å². The van der Waals surface area contributed by atoms with Crippen LogP contribution in [-0.2, 0) is 11.1 Å². The molecular formula is C7H3FNNaO2S. The van der Waals surface area contributed by atoms with Gasteiger partial charge in [-0.05, 0) is 29.3 Å². The fourth-order valence-electron chi connectivity index (χ4n) is 0.723. The number of halogens is 1. The zero-order valence-corrected chi connectivity index (χ0v) is 9.60. The van der Waals surface area contributed by atoms with Crippen LogP contribution in [0.2, 0.25) is 0 Å². The van der Waals surface area contributed by atoms with Crippen molar-refractivity contribution in [2.24, 2.45) is 0 Å². The van der Waals surface area contributed by atoms with Crippen LogP contribution in [0.15, 0.2) is 23.1 Å². The van der Waals surface area contributed by atoms with Gasteiger partial charge in [-0.25, -0.2) is 4.39 Å². The van der Waals surface area contributed by atoms with E-state index in [1.165, 1.54) is 0 Å². The van der Waals surface area contributed by atoms with Gasteiger partial charge in [0.15, 0.2) is 0 Å². The van der Waals surface area contributed by atoms with Gasteiger partial charge in [0.2, 0.25) is 0 Å². The molecule has 13 heavy (non-hydrogen) atoms. The molecule has 0 heterocycles. The first kappa shape index (κ1) is 12.8. The Kier molecular flexibility index (Phi) is 5.37. The second kappa shape index (κ2) is 5.47. The Bertz CT molecular complexity index is 377. The summed E-state index contributed by atoms with van der Waals surface area (Å²) >= 11 is -2.49. The Morgan fingerprint density at radius 3 is 2.54 bits per heavy atom. The van der Waals surface area contributed by atoms with Crippen LogP contribution in [0.4, 0.5) is 4.39 Å². The van der Waals surface area contributed by atoms with Crippen molar-refractivity contribution in [2.45, 2.75) is 4.90 Å². The molecule has 1 atom stereocenters. The Morgan fingerprint density at radius 2 is 2.08 bits per heavy atom. The monoisotopic (exact) mass is 207 g/mol. The van der Waals surface area contributed by atoms with E-state index in [0.29, 0.717) is 0 Å². The molecular weight excluding hydrogens is 204 g/mol. The molecule has 0 aliphatic heterocycles. The molecule has 0 saturated carbocycles. The molecule has 6 heteroatoms. The SMILES string of the molecule is N#Cc1cc(F)cc(S(=O)[O-])c1.[Na+]. The van der Waals surface area contributed by atoms with Crippen molar-refractivity contribution in [1.29, 1.82) is 5.26 Å². The first-order chi connectivity index (χ1) is 5.63. The quantitative estimate of drug-likeness (QED) is 0.393. The Balaban J connectivity index is 0.00000144. The minimum atomic E-state index is -2.49. The third-order valence-electron chi connectivity index (χ3n) is 1.19. The maximum atomic E-state index is 12.6. The van der Waals surface area contributed by atoms with Gasteiger partial charge in [0, 0.05) is 4.90 Å². The maximum absolute atomic E-state index is 12.6. The normalized spacial score (nSPS) is 11.2. The van der Waals surface area contributed by atoms with Crippen LogP contribution in [0.5, 0.6) is 0 Å². The number of hydrogen-bond acceptors (Lipinski definition) is 3. The van der Waals surface area contributed by atoms with Crippen LogP contribution in [0.1, 0.15) is 5.56 Å². The van der Waals surface area contributed by atoms with Crippen molar-refractivity contribution >= 4 is 11.1 Å². The molecule has 1 rings (SSSR count). The predicted octanol–water partition coefficient (Wildman–Crippen LogP) is -2.06. The van der Waals surface area contributed by atoms with Crippen LogP contribution < -0.4 is 29.6 Å². The fourth-order valence-corrected chi connectivity index (χ4v) is 1.16. The largest absolute Gasteiger partial charge is 1.00 e. The minimum absolute atomic E-state index is 0. The summed E-state index contributed by atoms with van der Waals surface area (Å²) in [5.41, 5.74) is -0.00537. The molecule has 1 aromatic carbocycles. The molecule has 0 radical (unpaired) electrons. The molecule has 0 aliphatic rings. The van der Waals surface area contributed by atoms with Crippen molar-refractivity contribution in [2.75, 3.05) is 0 Å². The van der Waals surface area contributed by atoms with Gasteiger partial charge in [-0.1, -0.05) is 0 Å². The van der Waals surface area contributed by atoms with Crippen molar-refractivity contribution in [3.63, 3.8) is 0 Å². The summed E-state index contributed by atoms with van der Waals surface area (Å²) in [4.78, 5) is -0.216. The van der Waals surface area contributed by atoms with E-state index in [-0.39, 0.29) is 40.0 Å². The second-order valence-electron chi connectivity index (χ2n) is 2.02. The van der Waals surface area contributed by atoms with Gasteiger partial charge in [-0.2, -0.15) is 5.26 Å². The smallest absolute Gasteiger partial charge is 0.768 e. The van der Waals surface area contributed by atoms with Gasteiger partial charge < -0.3 is 4.55 Å². The van der Waals surface area contributed by atoms with Gasteiger partial charge in [-0.15, -0.1) is 0 Å². The molecule has 0 aromatic heterocycles. The summed E-state index contributed by atoms with van der Waals surface area (Å²) in [6.07, 6.45) is 0. The van der Waals surface area contributed by atoms with E-state index in [1.54, 1.807) is 6.07 Å². The van der Waals surface area contributed by atoms with Crippen molar-refractivity contribution in [3.05, 3.63) is 29.6 Å². The molecule has 62 valence electrons. The van der Waals surface area contributed by atoms with Crippen LogP contribution in [0.3, 0.4) is 0 Å². The van der Waals surface area contributed by atoms with E-state index in [2.05, 4.69) is 0 Å². The number of nitriles is 1. The van der Waals surface area contributed by atoms with Crippen LogP contribution >= 0.6 is 0 Å². The number of rotatable bonds is 1. The summed E-state index contributed by atoms with van der Waals surface area (Å²) in [5, 5.41) is 8.35. The summed E-state index contributed by atoms with van der Waals surface area (Å²) in [7, 11) is 0. The van der Waals surface area contributed by atoms with E-state index in [9.17, 15) is 13.2 Å². The predicted molar refractivity (Wildman–Crippen MR) is 38.3 cm³/mol. The van der Waals surface area contributed by atoms with E-state index in [1.807, 2.05) is 0 Å². The molecule has 0 N–H and O–H groups in total. The standard InChI is InChI=1S/C7H4FNO2S.Na/c8-6-1-5(4-9)2-7(3-6)12(10)11;/h1-3H,(H,10,11);/q;+1/p-1. The molecule has 3 nitrogen and oxygen atoms in total. The zero-order chi connectivity index (χ0) is 9.14. The van der Waals surface area contributed by atoms with Gasteiger partial charge in [0.1, 0.15) is 5.82 Å². The Hall–Kier alpha value is -0.250. The maximum Gasteiger partial charge on any atom is 1.00 e. The fraction of sp³-hybridized carbons (Fsp3) is 0. The van der Waals surface area contributed by atoms with Gasteiger partial charge >= 0.3 is 29.6 Å². The average molecular weight is 207 g/mol. The third kappa shape index (κ3) is 3.55. The zero-order valence-electron chi connectivity index (χ0n) is 6.78. The molecule has 0 fully saturated rings. The molecule has 1 unspecified atom stereocenters. The number of hydrogen-bond donors (Lipinski definition) is 0. The Morgan fingerprint density at radius 1 is 1.46 bits per heavy atom. The van der Waals surface area contributed by atoms with Crippen molar-refractivity contribution in [1.82, 2.24) is 0 Å². The van der Waals surface area contributed by atoms with E-state index < -0.39 is 16.9 Å². The number of benzene rings is 1. The summed E-state index contributed by atoms with van der Waals surface area (Å²) in [6.45, 7) is 0. The summed E-state index contributed by atoms with van der Waals surface area (Å²) < 4.78 is 33.2. The minimum Gasteiger partial charge on any atom is -0.768 e. The van der Waals surface area contributed by atoms with Gasteiger partial charge in [-0.3, -0.25) is 4.21 Å². The molecule has 0 aliphatic carbocycles. The average Bonchev–Trinajstić information content (AvgIpc) is 2.03. The molecule has 0 spiro atoms. The Labute approximate surface area is 99.1 Å². The van der Waals surface area contributed by atoms with E-state index in [0.717, 1.165) is 18.2 Å². The molecule has 0 saturated heterocycles. The summed E-state index contributed by atoms with van der Waals surface area (Å²) in [5.74, 6) is -0.728. The van der Waals surface area contributed by atoms with Crippen LogP contribution in [0.25, 0.3) is 0 Å². The van der Waals surface area contributed by atoms with Crippen LogP contribution in [0, 0.1) is 17.1 Å². The van der Waals surface area contributed by atoms with Crippen molar-refractivity contribution in [3.8, 4) is 6.07 Å². The van der Waals surface area contributed by atoms with E-state index >= 15 is 0 Å². The first-order valence-electron chi connectivity index (χ1n) is 2.93. The van der Waals surface area contributed by atoms with E-state index in [4.69, 9.17) is 5.26 Å². The van der Waals surface area contributed by atoms with Crippen LogP contribution in [-0.4, -0.2) is 8.76 Å². The first-order valence-corrected chi connectivity index (χ1v) is 4.01. The number of nitrogens with zero attached hydrogens (tertiary/aromatic N) is 1. The molecule has 0 amide bonds. The molecule has 1 aromatic rings. The third-order valence-corrected chi connectivity index (χ3v) is 1.81.